The van der Waals surface area contributed by atoms with Crippen LogP contribution in [-0.4, -0.2) is 4.57 Å². The van der Waals surface area contributed by atoms with Gasteiger partial charge in [0, 0.05) is 16.7 Å². The molecule has 0 unspecified atom stereocenters. The first-order valence-electron chi connectivity index (χ1n) is 14.3. The van der Waals surface area contributed by atoms with Crippen LogP contribution in [0, 0.1) is 5.82 Å². The van der Waals surface area contributed by atoms with Gasteiger partial charge in [0.2, 0.25) is 0 Å². The van der Waals surface area contributed by atoms with E-state index in [2.05, 4.69) is 129 Å². The highest BCUT2D eigenvalue weighted by atomic mass is 19.1. The summed E-state index contributed by atoms with van der Waals surface area (Å²) in [6.45, 7) is 13.4. The summed E-state index contributed by atoms with van der Waals surface area (Å²) in [6, 6.07) is 31.1. The van der Waals surface area contributed by atoms with E-state index in [0.717, 1.165) is 41.1 Å². The second-order valence-electron chi connectivity index (χ2n) is 11.1. The molecule has 5 aromatic rings. The molecule has 0 bridgehead atoms. The molecule has 1 aromatic heterocycles. The molecule has 0 amide bonds. The van der Waals surface area contributed by atoms with E-state index in [1.165, 1.54) is 27.8 Å². The van der Waals surface area contributed by atoms with Gasteiger partial charge in [0.05, 0.1) is 5.56 Å². The van der Waals surface area contributed by atoms with Crippen LogP contribution in [0.5, 0.6) is 0 Å². The van der Waals surface area contributed by atoms with Crippen molar-refractivity contribution < 1.29 is 8.96 Å². The van der Waals surface area contributed by atoms with Gasteiger partial charge in [-0.2, -0.15) is 4.57 Å². The summed E-state index contributed by atoms with van der Waals surface area (Å²) < 4.78 is 19.4. The van der Waals surface area contributed by atoms with Gasteiger partial charge in [-0.25, -0.2) is 8.96 Å². The lowest BCUT2D eigenvalue weighted by atomic mass is 9.76. The summed E-state index contributed by atoms with van der Waals surface area (Å²) in [5.74, 6) is 1.19. The lowest BCUT2D eigenvalue weighted by Crippen LogP contribution is -2.58. The van der Waals surface area contributed by atoms with Gasteiger partial charge < -0.3 is 0 Å². The monoisotopic (exact) mass is 527 g/mol. The van der Waals surface area contributed by atoms with Crippen molar-refractivity contribution in [3.8, 4) is 39.3 Å². The Bertz CT molecular complexity index is 1650. The molecule has 2 nitrogen and oxygen atoms in total. The molecule has 0 saturated heterocycles. The molecule has 0 aliphatic carbocycles. The summed E-state index contributed by atoms with van der Waals surface area (Å²) in [4.78, 5) is 0. The quantitative estimate of drug-likeness (QED) is 0.194. The second kappa shape index (κ2) is 10.1. The zero-order valence-corrected chi connectivity index (χ0v) is 23.8. The predicted molar refractivity (Wildman–Crippen MR) is 164 cm³/mol. The van der Waals surface area contributed by atoms with E-state index in [0.29, 0.717) is 5.92 Å². The van der Waals surface area contributed by atoms with Gasteiger partial charge in [-0.1, -0.05) is 94.9 Å². The van der Waals surface area contributed by atoms with Crippen LogP contribution in [0.4, 0.5) is 4.39 Å². The highest BCUT2D eigenvalue weighted by Gasteiger charge is 2.46. The van der Waals surface area contributed by atoms with E-state index in [-0.39, 0.29) is 11.4 Å². The molecule has 0 spiro atoms. The number of benzene rings is 4. The van der Waals surface area contributed by atoms with Gasteiger partial charge in [0.25, 0.3) is 5.82 Å². The molecule has 40 heavy (non-hydrogen) atoms. The maximum Gasteiger partial charge on any atom is 0.295 e. The van der Waals surface area contributed by atoms with E-state index in [9.17, 15) is 4.39 Å². The number of nitrogens with zero attached hydrogens (tertiary/aromatic N) is 2. The SMILES string of the molecule is C=C1c2cc(F)ccc2-c2n(-c3c(-c4ccccc4)cc(C(C)C)cc3-c3ccccc3)cc[n+]2C1(CC)CC. The zero-order chi connectivity index (χ0) is 28.0. The van der Waals surface area contributed by atoms with Crippen LogP contribution in [0.25, 0.3) is 44.9 Å². The van der Waals surface area contributed by atoms with Crippen LogP contribution >= 0.6 is 0 Å². The third kappa shape index (κ3) is 3.95. The molecule has 1 aliphatic rings. The minimum atomic E-state index is -0.334. The normalized spacial score (nSPS) is 13.8. The number of fused-ring (bicyclic) bond motifs is 3. The molecule has 200 valence electrons. The van der Waals surface area contributed by atoms with Gasteiger partial charge in [-0.05, 0) is 71.3 Å². The molecular weight excluding hydrogens is 491 g/mol. The number of hydrogen-bond donors (Lipinski definition) is 0. The minimum Gasteiger partial charge on any atom is -0.220 e. The maximum absolute atomic E-state index is 14.7. The summed E-state index contributed by atoms with van der Waals surface area (Å²) in [6.07, 6.45) is 6.11. The summed E-state index contributed by atoms with van der Waals surface area (Å²) >= 11 is 0. The molecular formula is C37H36FN2+. The molecule has 0 radical (unpaired) electrons. The van der Waals surface area contributed by atoms with Crippen LogP contribution in [0.3, 0.4) is 0 Å². The minimum absolute atomic E-state index is 0.233. The molecule has 6 rings (SSSR count). The third-order valence-corrected chi connectivity index (χ3v) is 8.77. The number of imidazole rings is 1. The fourth-order valence-electron chi connectivity index (χ4n) is 6.48. The summed E-state index contributed by atoms with van der Waals surface area (Å²) in [5, 5.41) is 0. The Balaban J connectivity index is 1.77. The van der Waals surface area contributed by atoms with E-state index >= 15 is 0 Å². The summed E-state index contributed by atoms with van der Waals surface area (Å²) in [5.41, 5.74) is 9.64. The lowest BCUT2D eigenvalue weighted by molar-refractivity contribution is -0.740. The Kier molecular flexibility index (Phi) is 6.54. The molecule has 0 fully saturated rings. The fourth-order valence-corrected chi connectivity index (χ4v) is 6.48. The van der Waals surface area contributed by atoms with Crippen molar-refractivity contribution in [2.45, 2.75) is 52.0 Å². The molecule has 0 N–H and O–H groups in total. The van der Waals surface area contributed by atoms with Gasteiger partial charge in [0.15, 0.2) is 0 Å². The first kappa shape index (κ1) is 26.0. The summed E-state index contributed by atoms with van der Waals surface area (Å²) in [7, 11) is 0. The maximum atomic E-state index is 14.7. The standard InChI is InChI=1S/C37H36FN2/c1-6-37(7-2)26(5)32-24-30(38)18-19-31(32)36-39(20-21-40(36)37)35-33(27-14-10-8-11-15-27)22-29(25(3)4)23-34(35)28-16-12-9-13-17-28/h8-25H,5-7H2,1-4H3/q+1. The number of rotatable bonds is 6. The van der Waals surface area contributed by atoms with Crippen LogP contribution in [0.1, 0.15) is 57.6 Å². The van der Waals surface area contributed by atoms with Gasteiger partial charge in [-0.3, -0.25) is 0 Å². The van der Waals surface area contributed by atoms with E-state index in [1.807, 2.05) is 6.07 Å². The van der Waals surface area contributed by atoms with Crippen molar-refractivity contribution in [2.75, 3.05) is 0 Å². The van der Waals surface area contributed by atoms with Crippen molar-refractivity contribution >= 4 is 5.57 Å². The Morgan fingerprint density at radius 1 is 0.775 bits per heavy atom. The van der Waals surface area contributed by atoms with Crippen molar-refractivity contribution in [3.63, 3.8) is 0 Å². The second-order valence-corrected chi connectivity index (χ2v) is 11.1. The number of allylic oxidation sites excluding steroid dienone is 1. The molecule has 1 aliphatic heterocycles. The molecule has 2 heterocycles. The molecule has 0 saturated carbocycles. The van der Waals surface area contributed by atoms with Crippen LogP contribution < -0.4 is 4.57 Å². The van der Waals surface area contributed by atoms with Crippen LogP contribution in [0.2, 0.25) is 0 Å². The molecule has 4 aromatic carbocycles. The van der Waals surface area contributed by atoms with E-state index in [4.69, 9.17) is 0 Å². The smallest absolute Gasteiger partial charge is 0.220 e. The van der Waals surface area contributed by atoms with Crippen molar-refractivity contribution in [1.82, 2.24) is 4.57 Å². The predicted octanol–water partition coefficient (Wildman–Crippen LogP) is 9.57. The van der Waals surface area contributed by atoms with Gasteiger partial charge in [0.1, 0.15) is 29.4 Å². The average Bonchev–Trinajstić information content (AvgIpc) is 3.43. The Morgan fingerprint density at radius 3 is 1.88 bits per heavy atom. The lowest BCUT2D eigenvalue weighted by Gasteiger charge is -2.36. The highest BCUT2D eigenvalue weighted by molar-refractivity contribution is 5.89. The van der Waals surface area contributed by atoms with Crippen LogP contribution in [-0.2, 0) is 5.54 Å². The Labute approximate surface area is 237 Å². The first-order chi connectivity index (χ1) is 19.4. The molecule has 0 atom stereocenters. The first-order valence-corrected chi connectivity index (χ1v) is 14.3. The van der Waals surface area contributed by atoms with E-state index in [1.54, 1.807) is 12.1 Å². The van der Waals surface area contributed by atoms with Crippen molar-refractivity contribution in [1.29, 1.82) is 0 Å². The third-order valence-electron chi connectivity index (χ3n) is 8.77. The van der Waals surface area contributed by atoms with E-state index < -0.39 is 0 Å². The van der Waals surface area contributed by atoms with Crippen molar-refractivity contribution in [3.05, 3.63) is 127 Å². The Hall–Kier alpha value is -4.24. The highest BCUT2D eigenvalue weighted by Crippen LogP contribution is 2.46. The van der Waals surface area contributed by atoms with Gasteiger partial charge >= 0.3 is 0 Å². The number of hydrogen-bond acceptors (Lipinski definition) is 0. The van der Waals surface area contributed by atoms with Gasteiger partial charge in [-0.15, -0.1) is 0 Å². The molecule has 3 heteroatoms. The number of aromatic nitrogens is 2. The van der Waals surface area contributed by atoms with Crippen LogP contribution in [0.15, 0.2) is 110 Å². The van der Waals surface area contributed by atoms with Crippen molar-refractivity contribution in [2.24, 2.45) is 0 Å². The number of halogens is 1. The largest absolute Gasteiger partial charge is 0.295 e. The average molecular weight is 528 g/mol. The topological polar surface area (TPSA) is 8.81 Å². The zero-order valence-electron chi connectivity index (χ0n) is 23.8. The fraction of sp³-hybridized carbons (Fsp3) is 0.216. The Morgan fingerprint density at radius 2 is 1.35 bits per heavy atom.